The van der Waals surface area contributed by atoms with Crippen molar-refractivity contribution in [1.82, 2.24) is 0 Å². The average molecular weight is 296 g/mol. The van der Waals surface area contributed by atoms with Gasteiger partial charge in [-0.1, -0.05) is 31.9 Å². The van der Waals surface area contributed by atoms with Gasteiger partial charge in [0.05, 0.1) is 0 Å². The highest BCUT2D eigenvalue weighted by atomic mass is 35.5. The summed E-state index contributed by atoms with van der Waals surface area (Å²) in [6, 6.07) is 7.76. The summed E-state index contributed by atoms with van der Waals surface area (Å²) in [4.78, 5) is 13.3. The number of rotatable bonds is 4. The Morgan fingerprint density at radius 1 is 1.25 bits per heavy atom. The maximum Gasteiger partial charge on any atom is 0.323 e. The number of nitrogens with zero attached hydrogens (tertiary/aromatic N) is 1. The molecule has 0 radical (unpaired) electrons. The van der Waals surface area contributed by atoms with Crippen molar-refractivity contribution in [2.24, 2.45) is 11.8 Å². The van der Waals surface area contributed by atoms with E-state index < -0.39 is 5.97 Å². The lowest BCUT2D eigenvalue weighted by molar-refractivity contribution is -0.135. The molecule has 0 saturated heterocycles. The lowest BCUT2D eigenvalue weighted by atomic mass is 9.77. The molecule has 2 atom stereocenters. The molecular weight excluding hydrogens is 274 g/mol. The average Bonchev–Trinajstić information content (AvgIpc) is 2.38. The molecular formula is C16H22ClNO2. The summed E-state index contributed by atoms with van der Waals surface area (Å²) in [5, 5.41) is 9.91. The second-order valence-electron chi connectivity index (χ2n) is 5.87. The van der Waals surface area contributed by atoms with E-state index in [9.17, 15) is 9.90 Å². The van der Waals surface area contributed by atoms with Gasteiger partial charge in [-0.2, -0.15) is 0 Å². The van der Waals surface area contributed by atoms with Gasteiger partial charge in [0.15, 0.2) is 0 Å². The molecule has 4 heteroatoms. The molecule has 1 N–H and O–H groups in total. The van der Waals surface area contributed by atoms with Gasteiger partial charge < -0.3 is 10.0 Å². The minimum absolute atomic E-state index is 0.0426. The van der Waals surface area contributed by atoms with Crippen molar-refractivity contribution in [3.63, 3.8) is 0 Å². The van der Waals surface area contributed by atoms with Crippen molar-refractivity contribution in [3.8, 4) is 0 Å². The van der Waals surface area contributed by atoms with Gasteiger partial charge in [0.1, 0.15) is 6.54 Å². The minimum atomic E-state index is -0.787. The number of anilines is 1. The molecule has 1 fully saturated rings. The number of carbonyl (C=O) groups is 1. The van der Waals surface area contributed by atoms with E-state index in [2.05, 4.69) is 13.8 Å². The summed E-state index contributed by atoms with van der Waals surface area (Å²) < 4.78 is 0. The first-order valence-electron chi connectivity index (χ1n) is 7.23. The zero-order valence-electron chi connectivity index (χ0n) is 12.1. The van der Waals surface area contributed by atoms with E-state index in [1.54, 1.807) is 0 Å². The summed E-state index contributed by atoms with van der Waals surface area (Å²) in [5.41, 5.74) is 0.947. The molecule has 1 aromatic rings. The Bertz CT molecular complexity index is 450. The van der Waals surface area contributed by atoms with E-state index in [1.165, 1.54) is 19.3 Å². The first kappa shape index (κ1) is 15.2. The highest BCUT2D eigenvalue weighted by Crippen LogP contribution is 2.35. The molecule has 0 bridgehead atoms. The van der Waals surface area contributed by atoms with Crippen molar-refractivity contribution < 1.29 is 9.90 Å². The third-order valence-electron chi connectivity index (χ3n) is 4.31. The van der Waals surface area contributed by atoms with Gasteiger partial charge in [0.2, 0.25) is 0 Å². The van der Waals surface area contributed by atoms with Crippen molar-refractivity contribution >= 4 is 23.3 Å². The fourth-order valence-corrected chi connectivity index (χ4v) is 3.55. The zero-order chi connectivity index (χ0) is 14.7. The summed E-state index contributed by atoms with van der Waals surface area (Å²) in [5.74, 6) is 0.229. The van der Waals surface area contributed by atoms with E-state index in [1.807, 2.05) is 29.2 Å². The summed E-state index contributed by atoms with van der Waals surface area (Å²) in [6.45, 7) is 4.50. The van der Waals surface area contributed by atoms with Crippen LogP contribution in [0, 0.1) is 11.8 Å². The van der Waals surface area contributed by atoms with Crippen LogP contribution in [0.25, 0.3) is 0 Å². The predicted octanol–water partition coefficient (Wildman–Crippen LogP) is 4.06. The van der Waals surface area contributed by atoms with Crippen LogP contribution in [0.1, 0.15) is 33.1 Å². The summed E-state index contributed by atoms with van der Waals surface area (Å²) in [7, 11) is 0. The topological polar surface area (TPSA) is 40.5 Å². The molecule has 20 heavy (non-hydrogen) atoms. The molecule has 2 rings (SSSR count). The number of hydrogen-bond donors (Lipinski definition) is 1. The number of aliphatic carboxylic acids is 1. The molecule has 2 unspecified atom stereocenters. The van der Waals surface area contributed by atoms with Crippen LogP contribution in [0.15, 0.2) is 24.3 Å². The van der Waals surface area contributed by atoms with Gasteiger partial charge in [0, 0.05) is 16.8 Å². The molecule has 1 saturated carbocycles. The van der Waals surface area contributed by atoms with Crippen LogP contribution in [0.2, 0.25) is 5.02 Å². The first-order valence-corrected chi connectivity index (χ1v) is 7.61. The van der Waals surface area contributed by atoms with Crippen molar-refractivity contribution in [2.45, 2.75) is 39.2 Å². The molecule has 0 spiro atoms. The predicted molar refractivity (Wildman–Crippen MR) is 82.4 cm³/mol. The maximum absolute atomic E-state index is 11.2. The lowest BCUT2D eigenvalue weighted by Gasteiger charge is -2.43. The van der Waals surface area contributed by atoms with Gasteiger partial charge >= 0.3 is 5.97 Å². The van der Waals surface area contributed by atoms with Crippen LogP contribution in [-0.2, 0) is 4.79 Å². The fourth-order valence-electron chi connectivity index (χ4n) is 3.43. The molecule has 0 heterocycles. The molecule has 1 aliphatic carbocycles. The minimum Gasteiger partial charge on any atom is -0.480 e. The maximum atomic E-state index is 11.2. The van der Waals surface area contributed by atoms with Gasteiger partial charge in [-0.25, -0.2) is 0 Å². The van der Waals surface area contributed by atoms with Crippen LogP contribution in [0.3, 0.4) is 0 Å². The highest BCUT2D eigenvalue weighted by molar-refractivity contribution is 6.30. The Balaban J connectivity index is 2.30. The number of hydrogen-bond acceptors (Lipinski definition) is 2. The zero-order valence-corrected chi connectivity index (χ0v) is 12.8. The SMILES string of the molecule is CC1CCCC(C)C1N(CC(=O)O)c1ccc(Cl)cc1. The summed E-state index contributed by atoms with van der Waals surface area (Å²) >= 11 is 5.93. The van der Waals surface area contributed by atoms with E-state index in [4.69, 9.17) is 11.6 Å². The molecule has 0 aromatic heterocycles. The largest absolute Gasteiger partial charge is 0.480 e. The number of carboxylic acid groups (broad SMARTS) is 1. The molecule has 1 aliphatic rings. The molecule has 3 nitrogen and oxygen atoms in total. The molecule has 110 valence electrons. The fraction of sp³-hybridized carbons (Fsp3) is 0.562. The third kappa shape index (κ3) is 3.45. The Labute approximate surface area is 125 Å². The Kier molecular flexibility index (Phi) is 4.92. The molecule has 0 aliphatic heterocycles. The van der Waals surface area contributed by atoms with Crippen molar-refractivity contribution in [2.75, 3.05) is 11.4 Å². The van der Waals surface area contributed by atoms with Crippen LogP contribution < -0.4 is 4.90 Å². The van der Waals surface area contributed by atoms with E-state index in [0.29, 0.717) is 16.9 Å². The van der Waals surface area contributed by atoms with E-state index in [0.717, 1.165) is 5.69 Å². The van der Waals surface area contributed by atoms with Gasteiger partial charge in [-0.3, -0.25) is 4.79 Å². The third-order valence-corrected chi connectivity index (χ3v) is 4.56. The Hall–Kier alpha value is -1.22. The summed E-state index contributed by atoms with van der Waals surface area (Å²) in [6.07, 6.45) is 3.57. The smallest absolute Gasteiger partial charge is 0.323 e. The second-order valence-corrected chi connectivity index (χ2v) is 6.31. The van der Waals surface area contributed by atoms with Crippen molar-refractivity contribution in [3.05, 3.63) is 29.3 Å². The Morgan fingerprint density at radius 2 is 1.80 bits per heavy atom. The number of halogens is 1. The van der Waals surface area contributed by atoms with E-state index in [-0.39, 0.29) is 12.6 Å². The second kappa shape index (κ2) is 6.49. The lowest BCUT2D eigenvalue weighted by Crippen LogP contribution is -2.48. The molecule has 1 aromatic carbocycles. The van der Waals surface area contributed by atoms with Gasteiger partial charge in [-0.05, 0) is 48.9 Å². The van der Waals surface area contributed by atoms with Gasteiger partial charge in [-0.15, -0.1) is 0 Å². The monoisotopic (exact) mass is 295 g/mol. The van der Waals surface area contributed by atoms with Crippen molar-refractivity contribution in [1.29, 1.82) is 0 Å². The van der Waals surface area contributed by atoms with Gasteiger partial charge in [0.25, 0.3) is 0 Å². The number of carboxylic acids is 1. The van der Waals surface area contributed by atoms with Crippen LogP contribution >= 0.6 is 11.6 Å². The quantitative estimate of drug-likeness (QED) is 0.911. The number of benzene rings is 1. The normalized spacial score (nSPS) is 26.2. The van der Waals surface area contributed by atoms with Crippen LogP contribution in [-0.4, -0.2) is 23.7 Å². The van der Waals surface area contributed by atoms with E-state index >= 15 is 0 Å². The first-order chi connectivity index (χ1) is 9.49. The van der Waals surface area contributed by atoms with Crippen LogP contribution in [0.4, 0.5) is 5.69 Å². The van der Waals surface area contributed by atoms with Crippen LogP contribution in [0.5, 0.6) is 0 Å². The molecule has 0 amide bonds. The highest BCUT2D eigenvalue weighted by Gasteiger charge is 2.33. The standard InChI is InChI=1S/C16H22ClNO2/c1-11-4-3-5-12(2)16(11)18(10-15(19)20)14-8-6-13(17)7-9-14/h6-9,11-12,16H,3-5,10H2,1-2H3,(H,19,20). The Morgan fingerprint density at radius 3 is 2.30 bits per heavy atom.